The zero-order valence-electron chi connectivity index (χ0n) is 9.20. The van der Waals surface area contributed by atoms with Crippen LogP contribution in [-0.4, -0.2) is 30.6 Å². The topological polar surface area (TPSA) is 68.4 Å². The first-order valence-electron chi connectivity index (χ1n) is 5.10. The van der Waals surface area contributed by atoms with Crippen LogP contribution in [0.15, 0.2) is 12.3 Å². The van der Waals surface area contributed by atoms with E-state index in [1.807, 2.05) is 0 Å². The quantitative estimate of drug-likeness (QED) is 0.820. The Morgan fingerprint density at radius 3 is 2.78 bits per heavy atom. The SMILES string of the molecule is Nc1cc(C(F)(F)F)c(N2CCOCC2=O)cn1. The largest absolute Gasteiger partial charge is 0.418 e. The van der Waals surface area contributed by atoms with E-state index < -0.39 is 17.6 Å². The van der Waals surface area contributed by atoms with E-state index in [0.717, 1.165) is 17.2 Å². The van der Waals surface area contributed by atoms with Crippen LogP contribution in [0.4, 0.5) is 24.7 Å². The molecule has 0 saturated carbocycles. The fourth-order valence-corrected chi connectivity index (χ4v) is 1.68. The summed E-state index contributed by atoms with van der Waals surface area (Å²) in [6.07, 6.45) is -3.63. The Hall–Kier alpha value is -1.83. The molecule has 0 bridgehead atoms. The minimum atomic E-state index is -4.59. The summed E-state index contributed by atoms with van der Waals surface area (Å²) >= 11 is 0. The molecule has 0 atom stereocenters. The van der Waals surface area contributed by atoms with Gasteiger partial charge in [-0.25, -0.2) is 4.98 Å². The minimum Gasteiger partial charge on any atom is -0.384 e. The number of nitrogen functional groups attached to an aromatic ring is 1. The molecular formula is C10H10F3N3O2. The fraction of sp³-hybridized carbons (Fsp3) is 0.400. The molecule has 1 aliphatic rings. The van der Waals surface area contributed by atoms with Gasteiger partial charge in [-0.15, -0.1) is 0 Å². The van der Waals surface area contributed by atoms with Crippen molar-refractivity contribution in [3.05, 3.63) is 17.8 Å². The second-order valence-corrected chi connectivity index (χ2v) is 3.72. The number of nitrogens with two attached hydrogens (primary N) is 1. The van der Waals surface area contributed by atoms with Crippen LogP contribution in [0.1, 0.15) is 5.56 Å². The maximum atomic E-state index is 12.9. The highest BCUT2D eigenvalue weighted by Gasteiger charge is 2.37. The number of aromatic nitrogens is 1. The predicted molar refractivity (Wildman–Crippen MR) is 56.8 cm³/mol. The number of anilines is 2. The number of hydrogen-bond acceptors (Lipinski definition) is 4. The smallest absolute Gasteiger partial charge is 0.384 e. The van der Waals surface area contributed by atoms with Crippen LogP contribution >= 0.6 is 0 Å². The molecule has 0 unspecified atom stereocenters. The van der Waals surface area contributed by atoms with E-state index in [1.165, 1.54) is 0 Å². The molecule has 5 nitrogen and oxygen atoms in total. The Morgan fingerprint density at radius 2 is 2.17 bits per heavy atom. The van der Waals surface area contributed by atoms with Crippen LogP contribution in [0.2, 0.25) is 0 Å². The molecule has 8 heteroatoms. The van der Waals surface area contributed by atoms with Crippen molar-refractivity contribution in [3.63, 3.8) is 0 Å². The molecule has 18 heavy (non-hydrogen) atoms. The Bertz CT molecular complexity index is 476. The van der Waals surface area contributed by atoms with Gasteiger partial charge in [-0.05, 0) is 6.07 Å². The molecule has 0 radical (unpaired) electrons. The molecular weight excluding hydrogens is 251 g/mol. The molecule has 1 saturated heterocycles. The molecule has 2 heterocycles. The lowest BCUT2D eigenvalue weighted by Crippen LogP contribution is -2.42. The molecule has 2 rings (SSSR count). The third-order valence-electron chi connectivity index (χ3n) is 2.49. The van der Waals surface area contributed by atoms with Gasteiger partial charge in [0, 0.05) is 6.54 Å². The lowest BCUT2D eigenvalue weighted by molar-refractivity contribution is -0.137. The van der Waals surface area contributed by atoms with Crippen molar-refractivity contribution < 1.29 is 22.7 Å². The number of hydrogen-bond donors (Lipinski definition) is 1. The van der Waals surface area contributed by atoms with E-state index in [4.69, 9.17) is 10.5 Å². The number of alkyl halides is 3. The van der Waals surface area contributed by atoms with Crippen molar-refractivity contribution in [2.45, 2.75) is 6.18 Å². The highest BCUT2D eigenvalue weighted by Crippen LogP contribution is 2.37. The van der Waals surface area contributed by atoms with E-state index >= 15 is 0 Å². The minimum absolute atomic E-state index is 0.0630. The van der Waals surface area contributed by atoms with Gasteiger partial charge in [0.25, 0.3) is 5.91 Å². The number of amides is 1. The van der Waals surface area contributed by atoms with Gasteiger partial charge < -0.3 is 15.4 Å². The molecule has 1 amide bonds. The fourth-order valence-electron chi connectivity index (χ4n) is 1.68. The second-order valence-electron chi connectivity index (χ2n) is 3.72. The third-order valence-corrected chi connectivity index (χ3v) is 2.49. The number of nitrogens with zero attached hydrogens (tertiary/aromatic N) is 2. The lowest BCUT2D eigenvalue weighted by atomic mass is 10.2. The lowest BCUT2D eigenvalue weighted by Gasteiger charge is -2.28. The highest BCUT2D eigenvalue weighted by molar-refractivity contribution is 5.95. The van der Waals surface area contributed by atoms with Crippen molar-refractivity contribution in [1.29, 1.82) is 0 Å². The van der Waals surface area contributed by atoms with Crippen LogP contribution in [0.25, 0.3) is 0 Å². The first kappa shape index (κ1) is 12.6. The first-order chi connectivity index (χ1) is 8.39. The molecule has 1 aliphatic heterocycles. The molecule has 0 spiro atoms. The summed E-state index contributed by atoms with van der Waals surface area (Å²) < 4.78 is 43.4. The predicted octanol–water partition coefficient (Wildman–Crippen LogP) is 1.05. The van der Waals surface area contributed by atoms with Gasteiger partial charge in [0.15, 0.2) is 0 Å². The van der Waals surface area contributed by atoms with Crippen molar-refractivity contribution in [2.24, 2.45) is 0 Å². The monoisotopic (exact) mass is 261 g/mol. The van der Waals surface area contributed by atoms with Crippen LogP contribution in [0, 0.1) is 0 Å². The summed E-state index contributed by atoms with van der Waals surface area (Å²) in [6, 6.07) is 0.720. The molecule has 98 valence electrons. The van der Waals surface area contributed by atoms with Gasteiger partial charge in [-0.2, -0.15) is 13.2 Å². The van der Waals surface area contributed by atoms with Crippen LogP contribution < -0.4 is 10.6 Å². The Morgan fingerprint density at radius 1 is 1.44 bits per heavy atom. The molecule has 1 fully saturated rings. The van der Waals surface area contributed by atoms with Gasteiger partial charge in [0.2, 0.25) is 0 Å². The Balaban J connectivity index is 2.46. The van der Waals surface area contributed by atoms with Crippen molar-refractivity contribution in [3.8, 4) is 0 Å². The van der Waals surface area contributed by atoms with Gasteiger partial charge >= 0.3 is 6.18 Å². The summed E-state index contributed by atoms with van der Waals surface area (Å²) in [4.78, 5) is 16.2. The number of morpholine rings is 1. The number of carbonyl (C=O) groups excluding carboxylic acids is 1. The summed E-state index contributed by atoms with van der Waals surface area (Å²) in [6.45, 7) is 0.0165. The average Bonchev–Trinajstić information content (AvgIpc) is 2.29. The summed E-state index contributed by atoms with van der Waals surface area (Å²) in [5, 5.41) is 0. The van der Waals surface area contributed by atoms with E-state index in [9.17, 15) is 18.0 Å². The van der Waals surface area contributed by atoms with E-state index in [0.29, 0.717) is 0 Å². The van der Waals surface area contributed by atoms with Gasteiger partial charge in [0.05, 0.1) is 24.1 Å². The van der Waals surface area contributed by atoms with Crippen molar-refractivity contribution in [2.75, 3.05) is 30.4 Å². The highest BCUT2D eigenvalue weighted by atomic mass is 19.4. The van der Waals surface area contributed by atoms with Crippen molar-refractivity contribution >= 4 is 17.4 Å². The normalized spacial score (nSPS) is 17.1. The van der Waals surface area contributed by atoms with E-state index in [-0.39, 0.29) is 31.3 Å². The summed E-state index contributed by atoms with van der Waals surface area (Å²) in [7, 11) is 0. The molecule has 1 aromatic heterocycles. The first-order valence-corrected chi connectivity index (χ1v) is 5.10. The van der Waals surface area contributed by atoms with Crippen molar-refractivity contribution in [1.82, 2.24) is 4.98 Å². The van der Waals surface area contributed by atoms with Gasteiger partial charge in [-0.1, -0.05) is 0 Å². The summed E-state index contributed by atoms with van der Waals surface area (Å²) in [5.74, 6) is -0.773. The number of ether oxygens (including phenoxy) is 1. The molecule has 1 aromatic rings. The Labute approximate surface area is 100 Å². The zero-order chi connectivity index (χ0) is 13.3. The molecule has 0 aliphatic carbocycles. The van der Waals surface area contributed by atoms with Crippen LogP contribution in [0.5, 0.6) is 0 Å². The Kier molecular flexibility index (Phi) is 3.12. The zero-order valence-corrected chi connectivity index (χ0v) is 9.20. The standard InChI is InChI=1S/C10H10F3N3O2/c11-10(12,13)6-3-8(14)15-4-7(6)16-1-2-18-5-9(16)17/h3-4H,1-2,5H2,(H2,14,15). The molecule has 0 aromatic carbocycles. The second kappa shape index (κ2) is 4.45. The van der Waals surface area contributed by atoms with E-state index in [1.54, 1.807) is 0 Å². The summed E-state index contributed by atoms with van der Waals surface area (Å²) in [5.41, 5.74) is 3.99. The van der Waals surface area contributed by atoms with Gasteiger partial charge in [0.1, 0.15) is 12.4 Å². The van der Waals surface area contributed by atoms with Gasteiger partial charge in [-0.3, -0.25) is 4.79 Å². The maximum absolute atomic E-state index is 12.9. The average molecular weight is 261 g/mol. The number of pyridine rings is 1. The maximum Gasteiger partial charge on any atom is 0.418 e. The number of carbonyl (C=O) groups is 1. The van der Waals surface area contributed by atoms with Crippen LogP contribution in [-0.2, 0) is 15.7 Å². The molecule has 2 N–H and O–H groups in total. The van der Waals surface area contributed by atoms with E-state index in [2.05, 4.69) is 4.98 Å². The third kappa shape index (κ3) is 2.37. The number of halogens is 3. The number of rotatable bonds is 1. The van der Waals surface area contributed by atoms with Crippen LogP contribution in [0.3, 0.4) is 0 Å².